The highest BCUT2D eigenvalue weighted by atomic mass is 32.1. The van der Waals surface area contributed by atoms with Crippen LogP contribution >= 0.6 is 11.3 Å². The third kappa shape index (κ3) is 3.03. The second kappa shape index (κ2) is 6.14. The summed E-state index contributed by atoms with van der Waals surface area (Å²) >= 11 is 1.75. The molecule has 4 rings (SSSR count). The summed E-state index contributed by atoms with van der Waals surface area (Å²) < 4.78 is 2.87. The number of anilines is 1. The molecule has 0 atom stereocenters. The van der Waals surface area contributed by atoms with Crippen LogP contribution in [0.15, 0.2) is 42.7 Å². The molecule has 1 N–H and O–H groups in total. The predicted octanol–water partition coefficient (Wildman–Crippen LogP) is 2.84. The second-order valence-electron chi connectivity index (χ2n) is 5.70. The fourth-order valence-electron chi connectivity index (χ4n) is 2.80. The number of hydrogen-bond donors (Lipinski definition) is 1. The molecule has 1 aromatic carbocycles. The highest BCUT2D eigenvalue weighted by Crippen LogP contribution is 2.37. The number of benzene rings is 1. The van der Waals surface area contributed by atoms with Crippen molar-refractivity contribution in [1.82, 2.24) is 24.8 Å². The van der Waals surface area contributed by atoms with Crippen LogP contribution in [0.3, 0.4) is 0 Å². The van der Waals surface area contributed by atoms with Crippen LogP contribution in [0.2, 0.25) is 0 Å². The molecule has 3 heterocycles. The summed E-state index contributed by atoms with van der Waals surface area (Å²) in [4.78, 5) is 14.7. The van der Waals surface area contributed by atoms with Gasteiger partial charge in [0.2, 0.25) is 5.91 Å². The lowest BCUT2D eigenvalue weighted by atomic mass is 10.1. The Hall–Kier alpha value is -3.00. The van der Waals surface area contributed by atoms with Crippen molar-refractivity contribution in [3.05, 3.63) is 47.6 Å². The van der Waals surface area contributed by atoms with E-state index in [1.54, 1.807) is 23.1 Å². The maximum absolute atomic E-state index is 12.1. The molecule has 0 radical (unpaired) electrons. The number of nitrogens with zero attached hydrogens (tertiary/aromatic N) is 5. The number of amides is 1. The fraction of sp³-hybridized carbons (Fsp3) is 0.176. The zero-order chi connectivity index (χ0) is 17.4. The van der Waals surface area contributed by atoms with Gasteiger partial charge < -0.3 is 5.32 Å². The van der Waals surface area contributed by atoms with Crippen molar-refractivity contribution in [2.24, 2.45) is 7.05 Å². The predicted molar refractivity (Wildman–Crippen MR) is 97.4 cm³/mol. The van der Waals surface area contributed by atoms with Gasteiger partial charge in [-0.25, -0.2) is 0 Å². The maximum Gasteiger partial charge on any atom is 0.247 e. The Morgan fingerprint density at radius 3 is 2.88 bits per heavy atom. The summed E-state index contributed by atoms with van der Waals surface area (Å²) in [6, 6.07) is 10.2. The number of carbonyl (C=O) groups is 1. The third-order valence-corrected chi connectivity index (χ3v) is 4.93. The van der Waals surface area contributed by atoms with E-state index in [2.05, 4.69) is 39.7 Å². The van der Waals surface area contributed by atoms with Crippen molar-refractivity contribution < 1.29 is 4.79 Å². The van der Waals surface area contributed by atoms with Gasteiger partial charge in [0.05, 0.1) is 11.9 Å². The first-order chi connectivity index (χ1) is 12.1. The van der Waals surface area contributed by atoms with Gasteiger partial charge in [0.1, 0.15) is 6.54 Å². The van der Waals surface area contributed by atoms with E-state index in [-0.39, 0.29) is 12.5 Å². The standard InChI is InChI=1S/C17H16N6OS/c1-11-17(12-5-3-4-6-14(12)25-11)13-7-8-23(20-13)10-16(24)19-15-9-18-22(2)21-15/h3-9H,10H2,1-2H3,(H,19,21,24). The summed E-state index contributed by atoms with van der Waals surface area (Å²) in [7, 11) is 1.70. The zero-order valence-corrected chi connectivity index (χ0v) is 14.6. The second-order valence-corrected chi connectivity index (χ2v) is 6.95. The van der Waals surface area contributed by atoms with Gasteiger partial charge >= 0.3 is 0 Å². The quantitative estimate of drug-likeness (QED) is 0.613. The highest BCUT2D eigenvalue weighted by molar-refractivity contribution is 7.19. The SMILES string of the molecule is Cc1sc2ccccc2c1-c1ccn(CC(=O)Nc2cnn(C)n2)n1. The van der Waals surface area contributed by atoms with E-state index < -0.39 is 0 Å². The van der Waals surface area contributed by atoms with Crippen LogP contribution in [0.1, 0.15) is 4.88 Å². The number of aromatic nitrogens is 5. The van der Waals surface area contributed by atoms with E-state index >= 15 is 0 Å². The Labute approximate surface area is 147 Å². The van der Waals surface area contributed by atoms with Crippen molar-refractivity contribution in [2.45, 2.75) is 13.5 Å². The molecule has 126 valence electrons. The van der Waals surface area contributed by atoms with E-state index in [1.807, 2.05) is 24.4 Å². The number of thiophene rings is 1. The Bertz CT molecular complexity index is 1060. The molecule has 1 amide bonds. The minimum atomic E-state index is -0.193. The average Bonchev–Trinajstić information content (AvgIpc) is 3.26. The lowest BCUT2D eigenvalue weighted by molar-refractivity contribution is -0.116. The van der Waals surface area contributed by atoms with Gasteiger partial charge in [0, 0.05) is 33.8 Å². The monoisotopic (exact) mass is 352 g/mol. The molecule has 3 aromatic heterocycles. The molecule has 0 aliphatic rings. The van der Waals surface area contributed by atoms with Gasteiger partial charge in [0.15, 0.2) is 5.82 Å². The molecule has 0 saturated heterocycles. The summed E-state index contributed by atoms with van der Waals surface area (Å²) in [5, 5.41) is 16.4. The van der Waals surface area contributed by atoms with Crippen molar-refractivity contribution in [2.75, 3.05) is 5.32 Å². The van der Waals surface area contributed by atoms with E-state index in [9.17, 15) is 4.79 Å². The smallest absolute Gasteiger partial charge is 0.247 e. The lowest BCUT2D eigenvalue weighted by Gasteiger charge is -2.02. The molecule has 7 nitrogen and oxygen atoms in total. The summed E-state index contributed by atoms with van der Waals surface area (Å²) in [5.74, 6) is 0.238. The lowest BCUT2D eigenvalue weighted by Crippen LogP contribution is -2.19. The Morgan fingerprint density at radius 1 is 1.24 bits per heavy atom. The van der Waals surface area contributed by atoms with Crippen molar-refractivity contribution in [1.29, 1.82) is 0 Å². The Morgan fingerprint density at radius 2 is 2.08 bits per heavy atom. The molecule has 0 unspecified atom stereocenters. The Kier molecular flexibility index (Phi) is 3.81. The number of aryl methyl sites for hydroxylation is 2. The average molecular weight is 352 g/mol. The fourth-order valence-corrected chi connectivity index (χ4v) is 3.87. The molecule has 25 heavy (non-hydrogen) atoms. The Balaban J connectivity index is 1.55. The van der Waals surface area contributed by atoms with Gasteiger partial charge in [0.25, 0.3) is 0 Å². The topological polar surface area (TPSA) is 77.6 Å². The molecule has 0 bridgehead atoms. The molecule has 0 aliphatic heterocycles. The number of fused-ring (bicyclic) bond motifs is 1. The van der Waals surface area contributed by atoms with Crippen LogP contribution in [0, 0.1) is 6.92 Å². The molecular formula is C17H16N6OS. The minimum absolute atomic E-state index is 0.123. The first-order valence-electron chi connectivity index (χ1n) is 7.78. The van der Waals surface area contributed by atoms with Crippen LogP contribution in [-0.4, -0.2) is 30.7 Å². The molecule has 8 heteroatoms. The van der Waals surface area contributed by atoms with Gasteiger partial charge in [-0.15, -0.1) is 16.4 Å². The molecule has 4 aromatic rings. The van der Waals surface area contributed by atoms with E-state index in [1.165, 1.54) is 26.0 Å². The van der Waals surface area contributed by atoms with Crippen LogP contribution in [0.5, 0.6) is 0 Å². The summed E-state index contributed by atoms with van der Waals surface area (Å²) in [5.41, 5.74) is 2.01. The third-order valence-electron chi connectivity index (χ3n) is 3.84. The van der Waals surface area contributed by atoms with E-state index in [0.717, 1.165) is 11.3 Å². The minimum Gasteiger partial charge on any atom is -0.306 e. The molecule has 0 aliphatic carbocycles. The normalized spacial score (nSPS) is 11.1. The summed E-state index contributed by atoms with van der Waals surface area (Å²) in [6.07, 6.45) is 3.32. The zero-order valence-electron chi connectivity index (χ0n) is 13.8. The van der Waals surface area contributed by atoms with Crippen molar-refractivity contribution >= 4 is 33.1 Å². The number of carbonyl (C=O) groups excluding carboxylic acids is 1. The molecule has 0 fully saturated rings. The first-order valence-corrected chi connectivity index (χ1v) is 8.60. The maximum atomic E-state index is 12.1. The van der Waals surface area contributed by atoms with Crippen molar-refractivity contribution in [3.63, 3.8) is 0 Å². The van der Waals surface area contributed by atoms with E-state index in [0.29, 0.717) is 5.82 Å². The molecule has 0 saturated carbocycles. The largest absolute Gasteiger partial charge is 0.306 e. The van der Waals surface area contributed by atoms with Gasteiger partial charge in [-0.1, -0.05) is 18.2 Å². The van der Waals surface area contributed by atoms with Gasteiger partial charge in [-0.3, -0.25) is 9.48 Å². The van der Waals surface area contributed by atoms with Crippen LogP contribution < -0.4 is 5.32 Å². The molecule has 0 spiro atoms. The molecular weight excluding hydrogens is 336 g/mol. The summed E-state index contributed by atoms with van der Waals surface area (Å²) in [6.45, 7) is 2.22. The van der Waals surface area contributed by atoms with Crippen molar-refractivity contribution in [3.8, 4) is 11.3 Å². The first kappa shape index (κ1) is 15.5. The van der Waals surface area contributed by atoms with Gasteiger partial charge in [-0.2, -0.15) is 15.0 Å². The van der Waals surface area contributed by atoms with Crippen LogP contribution in [0.4, 0.5) is 5.82 Å². The van der Waals surface area contributed by atoms with Crippen LogP contribution in [-0.2, 0) is 18.4 Å². The number of rotatable bonds is 4. The highest BCUT2D eigenvalue weighted by Gasteiger charge is 2.14. The van der Waals surface area contributed by atoms with Gasteiger partial charge in [-0.05, 0) is 19.1 Å². The van der Waals surface area contributed by atoms with Crippen LogP contribution in [0.25, 0.3) is 21.3 Å². The number of nitrogens with one attached hydrogen (secondary N) is 1. The number of hydrogen-bond acceptors (Lipinski definition) is 5. The van der Waals surface area contributed by atoms with E-state index in [4.69, 9.17) is 0 Å².